The van der Waals surface area contributed by atoms with Gasteiger partial charge in [-0.25, -0.2) is 4.79 Å². The van der Waals surface area contributed by atoms with E-state index in [1.54, 1.807) is 0 Å². The van der Waals surface area contributed by atoms with Gasteiger partial charge in [0.05, 0.1) is 13.2 Å². The number of rotatable bonds is 4. The molecule has 0 aliphatic rings. The van der Waals surface area contributed by atoms with Gasteiger partial charge >= 0.3 is 12.1 Å². The van der Waals surface area contributed by atoms with Crippen molar-refractivity contribution in [1.29, 1.82) is 0 Å². The zero-order chi connectivity index (χ0) is 8.69. The Morgan fingerprint density at radius 1 is 1.27 bits per heavy atom. The smallest absolute Gasteiger partial charge is 0.404 e. The molecule has 64 valence electrons. The molecule has 0 radical (unpaired) electrons. The largest absolute Gasteiger partial charge is 0.466 e. The Morgan fingerprint density at radius 2 is 1.82 bits per heavy atom. The Balaban J connectivity index is 3.03. The Kier molecular flexibility index (Phi) is 4.89. The summed E-state index contributed by atoms with van der Waals surface area (Å²) in [6.07, 6.45) is -0.337. The molecule has 0 aromatic heterocycles. The average Bonchev–Trinajstić information content (AvgIpc) is 1.85. The van der Waals surface area contributed by atoms with Crippen LogP contribution < -0.4 is 5.73 Å². The monoisotopic (exact) mass is 161 g/mol. The lowest BCUT2D eigenvalue weighted by Crippen LogP contribution is -2.15. The molecule has 0 aliphatic carbocycles. The summed E-state index contributed by atoms with van der Waals surface area (Å²) >= 11 is 0. The minimum atomic E-state index is -0.812. The highest BCUT2D eigenvalue weighted by atomic mass is 16.6. The summed E-state index contributed by atoms with van der Waals surface area (Å²) in [5, 5.41) is 0. The van der Waals surface area contributed by atoms with Gasteiger partial charge in [-0.2, -0.15) is 0 Å². The van der Waals surface area contributed by atoms with Gasteiger partial charge in [0.15, 0.2) is 0 Å². The van der Waals surface area contributed by atoms with Crippen LogP contribution in [-0.4, -0.2) is 25.3 Å². The predicted octanol–water partition coefficient (Wildman–Crippen LogP) is 0.0349. The molecule has 11 heavy (non-hydrogen) atoms. The maximum Gasteiger partial charge on any atom is 0.404 e. The lowest BCUT2D eigenvalue weighted by Gasteiger charge is -2.01. The molecule has 0 atom stereocenters. The summed E-state index contributed by atoms with van der Waals surface area (Å²) < 4.78 is 8.92. The molecule has 0 spiro atoms. The number of amides is 1. The van der Waals surface area contributed by atoms with Gasteiger partial charge < -0.3 is 15.2 Å². The van der Waals surface area contributed by atoms with E-state index in [0.717, 1.165) is 0 Å². The van der Waals surface area contributed by atoms with Crippen molar-refractivity contribution in [2.24, 2.45) is 5.73 Å². The van der Waals surface area contributed by atoms with Gasteiger partial charge in [-0.05, 0) is 0 Å². The highest BCUT2D eigenvalue weighted by molar-refractivity contribution is 5.65. The average molecular weight is 161 g/mol. The molecule has 0 fully saturated rings. The molecule has 0 aromatic rings. The fourth-order valence-electron chi connectivity index (χ4n) is 0.448. The Morgan fingerprint density at radius 3 is 2.27 bits per heavy atom. The second kappa shape index (κ2) is 5.52. The van der Waals surface area contributed by atoms with Crippen molar-refractivity contribution in [1.82, 2.24) is 0 Å². The molecule has 1 amide bonds. The van der Waals surface area contributed by atoms with Crippen LogP contribution >= 0.6 is 0 Å². The SMILES string of the molecule is CC(=O)OCCCOC(N)=O. The van der Waals surface area contributed by atoms with Gasteiger partial charge in [0.2, 0.25) is 0 Å². The molecule has 0 bridgehead atoms. The number of hydrogen-bond acceptors (Lipinski definition) is 4. The Labute approximate surface area is 64.5 Å². The van der Waals surface area contributed by atoms with E-state index in [1.165, 1.54) is 6.92 Å². The summed E-state index contributed by atoms with van der Waals surface area (Å²) in [6, 6.07) is 0. The summed E-state index contributed by atoms with van der Waals surface area (Å²) in [5.41, 5.74) is 4.67. The van der Waals surface area contributed by atoms with E-state index < -0.39 is 6.09 Å². The van der Waals surface area contributed by atoms with E-state index in [-0.39, 0.29) is 19.2 Å². The maximum atomic E-state index is 10.2. The number of ether oxygens (including phenoxy) is 2. The van der Waals surface area contributed by atoms with Crippen LogP contribution in [0.25, 0.3) is 0 Å². The van der Waals surface area contributed by atoms with Crippen LogP contribution in [0.1, 0.15) is 13.3 Å². The summed E-state index contributed by atoms with van der Waals surface area (Å²) in [7, 11) is 0. The van der Waals surface area contributed by atoms with Crippen LogP contribution in [0.15, 0.2) is 0 Å². The lowest BCUT2D eigenvalue weighted by molar-refractivity contribution is -0.141. The Bertz CT molecular complexity index is 130. The standard InChI is InChI=1S/C6H11NO4/c1-5(8)10-3-2-4-11-6(7)9/h2-4H2,1H3,(H2,7,9). The number of esters is 1. The van der Waals surface area contributed by atoms with Gasteiger partial charge in [-0.1, -0.05) is 0 Å². The second-order valence-electron chi connectivity index (χ2n) is 1.86. The summed E-state index contributed by atoms with van der Waals surface area (Å²) in [5.74, 6) is -0.343. The fraction of sp³-hybridized carbons (Fsp3) is 0.667. The molecule has 0 aromatic carbocycles. The third-order valence-corrected chi connectivity index (χ3v) is 0.838. The van der Waals surface area contributed by atoms with E-state index in [1.807, 2.05) is 0 Å². The molecular formula is C6H11NO4. The molecule has 0 aliphatic heterocycles. The predicted molar refractivity (Wildman–Crippen MR) is 36.8 cm³/mol. The second-order valence-corrected chi connectivity index (χ2v) is 1.86. The minimum Gasteiger partial charge on any atom is -0.466 e. The molecule has 2 N–H and O–H groups in total. The topological polar surface area (TPSA) is 78.6 Å². The van der Waals surface area contributed by atoms with Crippen molar-refractivity contribution in [2.75, 3.05) is 13.2 Å². The highest BCUT2D eigenvalue weighted by Crippen LogP contribution is 1.85. The first kappa shape index (κ1) is 9.74. The third kappa shape index (κ3) is 8.74. The van der Waals surface area contributed by atoms with Crippen molar-refractivity contribution >= 4 is 12.1 Å². The van der Waals surface area contributed by atoms with E-state index in [9.17, 15) is 9.59 Å². The quantitative estimate of drug-likeness (QED) is 0.466. The van der Waals surface area contributed by atoms with Crippen molar-refractivity contribution in [3.8, 4) is 0 Å². The van der Waals surface area contributed by atoms with Crippen LogP contribution in [0, 0.1) is 0 Å². The van der Waals surface area contributed by atoms with Crippen molar-refractivity contribution < 1.29 is 19.1 Å². The van der Waals surface area contributed by atoms with Gasteiger partial charge in [0.1, 0.15) is 0 Å². The van der Waals surface area contributed by atoms with Gasteiger partial charge in [0, 0.05) is 13.3 Å². The molecular weight excluding hydrogens is 150 g/mol. The van der Waals surface area contributed by atoms with Crippen molar-refractivity contribution in [2.45, 2.75) is 13.3 Å². The summed E-state index contributed by atoms with van der Waals surface area (Å²) in [4.78, 5) is 20.2. The van der Waals surface area contributed by atoms with Gasteiger partial charge in [0.25, 0.3) is 0 Å². The van der Waals surface area contributed by atoms with E-state index >= 15 is 0 Å². The highest BCUT2D eigenvalue weighted by Gasteiger charge is 1.94. The number of nitrogens with two attached hydrogens (primary N) is 1. The van der Waals surface area contributed by atoms with E-state index in [0.29, 0.717) is 6.42 Å². The molecule has 5 nitrogen and oxygen atoms in total. The first-order chi connectivity index (χ1) is 5.13. The maximum absolute atomic E-state index is 10.2. The van der Waals surface area contributed by atoms with E-state index in [4.69, 9.17) is 0 Å². The minimum absolute atomic E-state index is 0.183. The Hall–Kier alpha value is -1.26. The zero-order valence-electron chi connectivity index (χ0n) is 6.33. The lowest BCUT2D eigenvalue weighted by atomic mass is 10.5. The van der Waals surface area contributed by atoms with Crippen LogP contribution in [0.4, 0.5) is 4.79 Å². The van der Waals surface area contributed by atoms with E-state index in [2.05, 4.69) is 15.2 Å². The van der Waals surface area contributed by atoms with Crippen LogP contribution in [-0.2, 0) is 14.3 Å². The van der Waals surface area contributed by atoms with Crippen LogP contribution in [0.3, 0.4) is 0 Å². The normalized spacial score (nSPS) is 8.82. The van der Waals surface area contributed by atoms with Crippen LogP contribution in [0.2, 0.25) is 0 Å². The molecule has 0 saturated carbocycles. The summed E-state index contributed by atoms with van der Waals surface area (Å²) in [6.45, 7) is 1.75. The van der Waals surface area contributed by atoms with Crippen molar-refractivity contribution in [3.63, 3.8) is 0 Å². The van der Waals surface area contributed by atoms with Gasteiger partial charge in [-0.15, -0.1) is 0 Å². The molecule has 0 heterocycles. The number of carbonyl (C=O) groups excluding carboxylic acids is 2. The van der Waals surface area contributed by atoms with Crippen molar-refractivity contribution in [3.05, 3.63) is 0 Å². The molecule has 0 unspecified atom stereocenters. The fourth-order valence-corrected chi connectivity index (χ4v) is 0.448. The first-order valence-electron chi connectivity index (χ1n) is 3.18. The van der Waals surface area contributed by atoms with Gasteiger partial charge in [-0.3, -0.25) is 4.79 Å². The molecule has 0 saturated heterocycles. The third-order valence-electron chi connectivity index (χ3n) is 0.838. The molecule has 5 heteroatoms. The first-order valence-corrected chi connectivity index (χ1v) is 3.18. The number of primary amides is 1. The number of carbonyl (C=O) groups is 2. The van der Waals surface area contributed by atoms with Crippen LogP contribution in [0.5, 0.6) is 0 Å². The number of hydrogen-bond donors (Lipinski definition) is 1. The molecule has 0 rings (SSSR count). The zero-order valence-corrected chi connectivity index (χ0v) is 6.33.